The molecule has 17 heavy (non-hydrogen) atoms. The second kappa shape index (κ2) is 4.93. The van der Waals surface area contributed by atoms with Crippen molar-refractivity contribution in [1.82, 2.24) is 9.97 Å². The Morgan fingerprint density at radius 2 is 2.18 bits per heavy atom. The predicted octanol–water partition coefficient (Wildman–Crippen LogP) is 2.69. The SMILES string of the molecule is Cc1cnccc1NC(=O)c1cccc(Cl)n1. The molecule has 0 bridgehead atoms. The average Bonchev–Trinajstić information content (AvgIpc) is 2.32. The Kier molecular flexibility index (Phi) is 3.35. The van der Waals surface area contributed by atoms with Crippen LogP contribution in [0.25, 0.3) is 0 Å². The highest BCUT2D eigenvalue weighted by molar-refractivity contribution is 6.29. The summed E-state index contributed by atoms with van der Waals surface area (Å²) in [5.41, 5.74) is 1.89. The third-order valence-corrected chi connectivity index (χ3v) is 2.43. The second-order valence-corrected chi connectivity index (χ2v) is 3.88. The summed E-state index contributed by atoms with van der Waals surface area (Å²) in [6.45, 7) is 1.87. The van der Waals surface area contributed by atoms with Gasteiger partial charge in [-0.25, -0.2) is 4.98 Å². The van der Waals surface area contributed by atoms with E-state index in [4.69, 9.17) is 11.6 Å². The van der Waals surface area contributed by atoms with Gasteiger partial charge in [-0.1, -0.05) is 17.7 Å². The number of amides is 1. The van der Waals surface area contributed by atoms with E-state index in [-0.39, 0.29) is 11.6 Å². The molecule has 0 saturated carbocycles. The normalized spacial score (nSPS) is 10.0. The lowest BCUT2D eigenvalue weighted by Gasteiger charge is -2.06. The topological polar surface area (TPSA) is 54.9 Å². The van der Waals surface area contributed by atoms with Crippen LogP contribution < -0.4 is 5.32 Å². The highest BCUT2D eigenvalue weighted by atomic mass is 35.5. The van der Waals surface area contributed by atoms with Gasteiger partial charge >= 0.3 is 0 Å². The van der Waals surface area contributed by atoms with Crippen LogP contribution in [0.2, 0.25) is 5.15 Å². The third-order valence-electron chi connectivity index (χ3n) is 2.22. The molecule has 0 aliphatic rings. The fourth-order valence-electron chi connectivity index (χ4n) is 1.33. The zero-order valence-electron chi connectivity index (χ0n) is 9.14. The molecule has 0 saturated heterocycles. The van der Waals surface area contributed by atoms with Gasteiger partial charge in [-0.3, -0.25) is 9.78 Å². The van der Waals surface area contributed by atoms with Crippen LogP contribution >= 0.6 is 11.6 Å². The number of pyridine rings is 2. The van der Waals surface area contributed by atoms with Crippen molar-refractivity contribution < 1.29 is 4.79 Å². The zero-order chi connectivity index (χ0) is 12.3. The van der Waals surface area contributed by atoms with Gasteiger partial charge in [0, 0.05) is 18.1 Å². The summed E-state index contributed by atoms with van der Waals surface area (Å²) in [6, 6.07) is 6.65. The molecule has 1 amide bonds. The van der Waals surface area contributed by atoms with Crippen LogP contribution in [0.3, 0.4) is 0 Å². The van der Waals surface area contributed by atoms with Gasteiger partial charge < -0.3 is 5.32 Å². The van der Waals surface area contributed by atoms with E-state index in [1.165, 1.54) is 0 Å². The molecule has 0 aliphatic heterocycles. The quantitative estimate of drug-likeness (QED) is 0.830. The Hall–Kier alpha value is -1.94. The molecule has 5 heteroatoms. The van der Waals surface area contributed by atoms with E-state index in [0.717, 1.165) is 5.56 Å². The summed E-state index contributed by atoms with van der Waals surface area (Å²) in [4.78, 5) is 19.8. The van der Waals surface area contributed by atoms with Crippen LogP contribution in [-0.2, 0) is 0 Å². The molecular weight excluding hydrogens is 238 g/mol. The van der Waals surface area contributed by atoms with E-state index in [1.807, 2.05) is 6.92 Å². The Balaban J connectivity index is 2.20. The predicted molar refractivity (Wildman–Crippen MR) is 66.2 cm³/mol. The van der Waals surface area contributed by atoms with Crippen molar-refractivity contribution >= 4 is 23.2 Å². The molecule has 2 aromatic rings. The van der Waals surface area contributed by atoms with E-state index in [1.54, 1.807) is 36.7 Å². The highest BCUT2D eigenvalue weighted by Crippen LogP contribution is 2.13. The molecule has 2 heterocycles. The molecular formula is C12H10ClN3O. The van der Waals surface area contributed by atoms with Crippen LogP contribution in [0.15, 0.2) is 36.7 Å². The van der Waals surface area contributed by atoms with Crippen molar-refractivity contribution in [2.75, 3.05) is 5.32 Å². The summed E-state index contributed by atoms with van der Waals surface area (Å²) in [5.74, 6) is -0.290. The second-order valence-electron chi connectivity index (χ2n) is 3.49. The number of anilines is 1. The maximum atomic E-state index is 11.9. The number of nitrogens with one attached hydrogen (secondary N) is 1. The molecule has 0 aliphatic carbocycles. The van der Waals surface area contributed by atoms with E-state index >= 15 is 0 Å². The summed E-state index contributed by atoms with van der Waals surface area (Å²) in [7, 11) is 0. The molecule has 1 N–H and O–H groups in total. The Morgan fingerprint density at radius 1 is 1.35 bits per heavy atom. The molecule has 4 nitrogen and oxygen atoms in total. The van der Waals surface area contributed by atoms with Gasteiger partial charge in [0.15, 0.2) is 0 Å². The monoisotopic (exact) mass is 247 g/mol. The number of aromatic nitrogens is 2. The number of halogens is 1. The van der Waals surface area contributed by atoms with Crippen LogP contribution in [0, 0.1) is 6.92 Å². The number of rotatable bonds is 2. The van der Waals surface area contributed by atoms with Crippen LogP contribution in [0.1, 0.15) is 16.1 Å². The molecule has 2 aromatic heterocycles. The van der Waals surface area contributed by atoms with Crippen molar-refractivity contribution in [3.8, 4) is 0 Å². The number of hydrogen-bond donors (Lipinski definition) is 1. The van der Waals surface area contributed by atoms with E-state index in [9.17, 15) is 4.79 Å². The number of carbonyl (C=O) groups is 1. The van der Waals surface area contributed by atoms with Gasteiger partial charge in [0.25, 0.3) is 5.91 Å². The van der Waals surface area contributed by atoms with E-state index < -0.39 is 0 Å². The first-order valence-electron chi connectivity index (χ1n) is 5.01. The number of aryl methyl sites for hydroxylation is 1. The Labute approximate surface area is 104 Å². The summed E-state index contributed by atoms with van der Waals surface area (Å²) >= 11 is 5.72. The standard InChI is InChI=1S/C12H10ClN3O/c1-8-7-14-6-5-9(8)16-12(17)10-3-2-4-11(13)15-10/h2-7H,1H3,(H,14,16,17). The van der Waals surface area contributed by atoms with Crippen LogP contribution in [-0.4, -0.2) is 15.9 Å². The molecule has 0 fully saturated rings. The molecule has 0 radical (unpaired) electrons. The van der Waals surface area contributed by atoms with E-state index in [2.05, 4.69) is 15.3 Å². The van der Waals surface area contributed by atoms with Gasteiger partial charge in [-0.15, -0.1) is 0 Å². The molecule has 0 unspecified atom stereocenters. The van der Waals surface area contributed by atoms with Gasteiger partial charge in [0.1, 0.15) is 10.8 Å². The largest absolute Gasteiger partial charge is 0.320 e. The fourth-order valence-corrected chi connectivity index (χ4v) is 1.50. The lowest BCUT2D eigenvalue weighted by atomic mass is 10.2. The average molecular weight is 248 g/mol. The molecule has 0 spiro atoms. The third kappa shape index (κ3) is 2.79. The van der Waals surface area contributed by atoms with Crippen molar-refractivity contribution in [2.45, 2.75) is 6.92 Å². The summed E-state index contributed by atoms with van der Waals surface area (Å²) in [6.07, 6.45) is 3.30. The van der Waals surface area contributed by atoms with Crippen molar-refractivity contribution in [1.29, 1.82) is 0 Å². The minimum absolute atomic E-state index is 0.286. The van der Waals surface area contributed by atoms with Crippen molar-refractivity contribution in [3.63, 3.8) is 0 Å². The molecule has 0 aromatic carbocycles. The molecule has 0 atom stereocenters. The van der Waals surface area contributed by atoms with E-state index in [0.29, 0.717) is 10.8 Å². The fraction of sp³-hybridized carbons (Fsp3) is 0.0833. The Morgan fingerprint density at radius 3 is 2.88 bits per heavy atom. The van der Waals surface area contributed by atoms with Gasteiger partial charge in [-0.05, 0) is 30.7 Å². The minimum atomic E-state index is -0.290. The first-order chi connectivity index (χ1) is 8.16. The number of nitrogens with zero attached hydrogens (tertiary/aromatic N) is 2. The van der Waals surface area contributed by atoms with Gasteiger partial charge in [0.2, 0.25) is 0 Å². The van der Waals surface area contributed by atoms with Crippen molar-refractivity contribution in [3.05, 3.63) is 53.1 Å². The first kappa shape index (κ1) is 11.5. The van der Waals surface area contributed by atoms with Crippen LogP contribution in [0.5, 0.6) is 0 Å². The van der Waals surface area contributed by atoms with Gasteiger partial charge in [-0.2, -0.15) is 0 Å². The Bertz CT molecular complexity index is 557. The summed E-state index contributed by atoms with van der Waals surface area (Å²) < 4.78 is 0. The molecule has 86 valence electrons. The lowest BCUT2D eigenvalue weighted by Crippen LogP contribution is -2.14. The van der Waals surface area contributed by atoms with Crippen molar-refractivity contribution in [2.24, 2.45) is 0 Å². The number of carbonyl (C=O) groups excluding carboxylic acids is 1. The maximum Gasteiger partial charge on any atom is 0.274 e. The van der Waals surface area contributed by atoms with Crippen LogP contribution in [0.4, 0.5) is 5.69 Å². The minimum Gasteiger partial charge on any atom is -0.320 e. The number of hydrogen-bond acceptors (Lipinski definition) is 3. The smallest absolute Gasteiger partial charge is 0.274 e. The lowest BCUT2D eigenvalue weighted by molar-refractivity contribution is 0.102. The van der Waals surface area contributed by atoms with Gasteiger partial charge in [0.05, 0.1) is 0 Å². The molecule has 2 rings (SSSR count). The maximum absolute atomic E-state index is 11.9. The first-order valence-corrected chi connectivity index (χ1v) is 5.39. The summed E-state index contributed by atoms with van der Waals surface area (Å²) in [5, 5.41) is 3.05. The highest BCUT2D eigenvalue weighted by Gasteiger charge is 2.09. The zero-order valence-corrected chi connectivity index (χ0v) is 9.90.